The van der Waals surface area contributed by atoms with Crippen molar-refractivity contribution in [3.8, 4) is 0 Å². The van der Waals surface area contributed by atoms with Crippen molar-refractivity contribution in [2.45, 2.75) is 6.92 Å². The Hall–Kier alpha value is -0.296. The van der Waals surface area contributed by atoms with Gasteiger partial charge in [0, 0.05) is 23.4 Å². The number of carbonyl (C=O) groups excluding carboxylic acids is 1. The predicted octanol–water partition coefficient (Wildman–Crippen LogP) is 0.690. The zero-order valence-electron chi connectivity index (χ0n) is 3.92. The van der Waals surface area contributed by atoms with Crippen LogP contribution in [0.3, 0.4) is 0 Å². The van der Waals surface area contributed by atoms with E-state index in [1.165, 1.54) is 6.92 Å². The molecule has 0 saturated carbocycles. The van der Waals surface area contributed by atoms with Crippen molar-refractivity contribution in [2.24, 2.45) is 0 Å². The van der Waals surface area contributed by atoms with Gasteiger partial charge >= 0.3 is 5.97 Å². The molecular weight excluding hydrogens is 139 g/mol. The summed E-state index contributed by atoms with van der Waals surface area (Å²) in [5, 5.41) is 0. The molecule has 7 heavy (non-hydrogen) atoms. The fourth-order valence-electron chi connectivity index (χ4n) is 0.117. The molecule has 0 aliphatic carbocycles. The summed E-state index contributed by atoms with van der Waals surface area (Å²) in [6.07, 6.45) is 1.10. The monoisotopic (exact) mass is 144 g/mol. The van der Waals surface area contributed by atoms with Crippen LogP contribution < -0.4 is 0 Å². The van der Waals surface area contributed by atoms with Crippen molar-refractivity contribution >= 4 is 5.97 Å². The molecule has 44 valence electrons. The van der Waals surface area contributed by atoms with Gasteiger partial charge in [-0.1, -0.05) is 6.58 Å². The Bertz CT molecular complexity index is 70.1. The summed E-state index contributed by atoms with van der Waals surface area (Å²) in [5.74, 6) is -0.329. The number of rotatable bonds is 1. The van der Waals surface area contributed by atoms with E-state index in [0.717, 1.165) is 6.26 Å². The van der Waals surface area contributed by atoms with E-state index >= 15 is 0 Å². The molecule has 0 heterocycles. The number of carbonyl (C=O) groups is 1. The minimum atomic E-state index is -0.329. The van der Waals surface area contributed by atoms with Crippen LogP contribution in [0.2, 0.25) is 0 Å². The summed E-state index contributed by atoms with van der Waals surface area (Å²) >= 11 is 0. The van der Waals surface area contributed by atoms with Gasteiger partial charge in [0.15, 0.2) is 0 Å². The van der Waals surface area contributed by atoms with Crippen molar-refractivity contribution in [3.05, 3.63) is 12.8 Å². The van der Waals surface area contributed by atoms with Crippen molar-refractivity contribution in [3.63, 3.8) is 0 Å². The standard InChI is InChI=1S/C4H6O2.Ni/c1-3-6-4(2)5;/h3H,1H2,2H3;. The van der Waals surface area contributed by atoms with Crippen molar-refractivity contribution in [1.82, 2.24) is 0 Å². The molecule has 0 rings (SSSR count). The van der Waals surface area contributed by atoms with Gasteiger partial charge in [0.25, 0.3) is 0 Å². The molecule has 0 N–H and O–H groups in total. The van der Waals surface area contributed by atoms with Crippen LogP contribution in [0, 0.1) is 0 Å². The predicted molar refractivity (Wildman–Crippen MR) is 22.0 cm³/mol. The summed E-state index contributed by atoms with van der Waals surface area (Å²) in [7, 11) is 0. The second kappa shape index (κ2) is 5.70. The average Bonchev–Trinajstić information content (AvgIpc) is 1.35. The quantitative estimate of drug-likeness (QED) is 0.308. The second-order valence-electron chi connectivity index (χ2n) is 0.776. The number of esters is 1. The van der Waals surface area contributed by atoms with E-state index in [-0.39, 0.29) is 22.5 Å². The van der Waals surface area contributed by atoms with Crippen molar-refractivity contribution < 1.29 is 26.0 Å². The topological polar surface area (TPSA) is 26.3 Å². The Morgan fingerprint density at radius 1 is 1.86 bits per heavy atom. The first-order chi connectivity index (χ1) is 2.77. The Morgan fingerprint density at radius 3 is 2.29 bits per heavy atom. The van der Waals surface area contributed by atoms with Crippen LogP contribution in [-0.2, 0) is 26.0 Å². The van der Waals surface area contributed by atoms with Gasteiger partial charge in [-0.2, -0.15) is 0 Å². The molecule has 0 fully saturated rings. The smallest absolute Gasteiger partial charge is 0.307 e. The maximum absolute atomic E-state index is 9.75. The molecule has 3 heteroatoms. The van der Waals surface area contributed by atoms with E-state index in [0.29, 0.717) is 0 Å². The number of hydrogen-bond acceptors (Lipinski definition) is 2. The molecule has 2 nitrogen and oxygen atoms in total. The average molecular weight is 145 g/mol. The molecule has 0 saturated heterocycles. The molecule has 0 aromatic carbocycles. The van der Waals surface area contributed by atoms with Gasteiger partial charge in [0.1, 0.15) is 0 Å². The summed E-state index contributed by atoms with van der Waals surface area (Å²) in [4.78, 5) is 9.75. The Morgan fingerprint density at radius 2 is 2.29 bits per heavy atom. The van der Waals surface area contributed by atoms with E-state index in [1.54, 1.807) is 0 Å². The fraction of sp³-hybridized carbons (Fsp3) is 0.250. The van der Waals surface area contributed by atoms with Gasteiger partial charge in [0.05, 0.1) is 6.26 Å². The van der Waals surface area contributed by atoms with Crippen LogP contribution in [0.1, 0.15) is 6.92 Å². The molecule has 0 spiro atoms. The molecule has 0 bridgehead atoms. The first-order valence-corrected chi connectivity index (χ1v) is 1.55. The molecule has 0 radical (unpaired) electrons. The largest absolute Gasteiger partial charge is 0.435 e. The Balaban J connectivity index is 0. The molecule has 0 unspecified atom stereocenters. The summed E-state index contributed by atoms with van der Waals surface area (Å²) in [6.45, 7) is 4.48. The summed E-state index contributed by atoms with van der Waals surface area (Å²) in [6, 6.07) is 0. The van der Waals surface area contributed by atoms with Gasteiger partial charge < -0.3 is 4.74 Å². The van der Waals surface area contributed by atoms with E-state index in [2.05, 4.69) is 11.3 Å². The normalized spacial score (nSPS) is 5.86. The molecule has 0 aliphatic heterocycles. The molecule has 0 atom stereocenters. The van der Waals surface area contributed by atoms with Crippen LogP contribution in [0.4, 0.5) is 0 Å². The van der Waals surface area contributed by atoms with Crippen LogP contribution in [0.25, 0.3) is 0 Å². The molecule has 0 aliphatic rings. The van der Waals surface area contributed by atoms with E-state index in [1.807, 2.05) is 0 Å². The van der Waals surface area contributed by atoms with E-state index in [9.17, 15) is 4.79 Å². The zero-order valence-corrected chi connectivity index (χ0v) is 4.90. The van der Waals surface area contributed by atoms with Crippen LogP contribution >= 0.6 is 0 Å². The zero-order chi connectivity index (χ0) is 4.99. The number of ether oxygens (including phenoxy) is 1. The van der Waals surface area contributed by atoms with E-state index < -0.39 is 0 Å². The van der Waals surface area contributed by atoms with Gasteiger partial charge in [0.2, 0.25) is 0 Å². The van der Waals surface area contributed by atoms with Gasteiger partial charge in [-0.25, -0.2) is 0 Å². The summed E-state index contributed by atoms with van der Waals surface area (Å²) < 4.78 is 4.17. The molecular formula is C4H6NiO2. The first kappa shape index (κ1) is 9.86. The third kappa shape index (κ3) is 10.7. The van der Waals surface area contributed by atoms with E-state index in [4.69, 9.17) is 0 Å². The summed E-state index contributed by atoms with van der Waals surface area (Å²) in [5.41, 5.74) is 0. The maximum atomic E-state index is 9.75. The van der Waals surface area contributed by atoms with Crippen LogP contribution in [-0.4, -0.2) is 5.97 Å². The SMILES string of the molecule is C=COC(C)=O.[Ni]. The maximum Gasteiger partial charge on any atom is 0.307 e. The Labute approximate surface area is 52.5 Å². The molecule has 0 amide bonds. The minimum Gasteiger partial charge on any atom is -0.435 e. The second-order valence-corrected chi connectivity index (χ2v) is 0.776. The van der Waals surface area contributed by atoms with Crippen LogP contribution in [0.15, 0.2) is 12.8 Å². The molecule has 0 aromatic rings. The van der Waals surface area contributed by atoms with Crippen molar-refractivity contribution in [2.75, 3.05) is 0 Å². The van der Waals surface area contributed by atoms with Crippen molar-refractivity contribution in [1.29, 1.82) is 0 Å². The minimum absolute atomic E-state index is 0. The van der Waals surface area contributed by atoms with Gasteiger partial charge in [-0.05, 0) is 0 Å². The van der Waals surface area contributed by atoms with Gasteiger partial charge in [-0.3, -0.25) is 4.79 Å². The fourth-order valence-corrected chi connectivity index (χ4v) is 0.117. The van der Waals surface area contributed by atoms with Gasteiger partial charge in [-0.15, -0.1) is 0 Å². The first-order valence-electron chi connectivity index (χ1n) is 1.55. The Kier molecular flexibility index (Phi) is 8.03. The molecule has 0 aromatic heterocycles. The third-order valence-electron chi connectivity index (χ3n) is 0.249. The number of hydrogen-bond donors (Lipinski definition) is 0. The van der Waals surface area contributed by atoms with Crippen LogP contribution in [0.5, 0.6) is 0 Å². The third-order valence-corrected chi connectivity index (χ3v) is 0.249.